The number of carbonyl (C=O) groups is 1. The monoisotopic (exact) mass is 406 g/mol. The number of benzene rings is 3. The Hall–Kier alpha value is -3.44. The molecule has 0 saturated carbocycles. The van der Waals surface area contributed by atoms with Gasteiger partial charge in [-0.1, -0.05) is 54.1 Å². The van der Waals surface area contributed by atoms with Crippen LogP contribution >= 0.6 is 11.6 Å². The Morgan fingerprint density at radius 2 is 1.90 bits per heavy atom. The van der Waals surface area contributed by atoms with Crippen molar-refractivity contribution in [2.45, 2.75) is 6.42 Å². The van der Waals surface area contributed by atoms with Crippen LogP contribution in [0.2, 0.25) is 5.02 Å². The largest absolute Gasteiger partial charge is 0.455 e. The molecule has 144 valence electrons. The van der Waals surface area contributed by atoms with E-state index in [-0.39, 0.29) is 17.4 Å². The topological polar surface area (TPSA) is 54.6 Å². The van der Waals surface area contributed by atoms with Crippen molar-refractivity contribution in [2.75, 3.05) is 0 Å². The molecule has 0 saturated heterocycles. The summed E-state index contributed by atoms with van der Waals surface area (Å²) in [7, 11) is 0. The molecule has 1 amide bonds. The number of hydrogen-bond acceptors (Lipinski definition) is 3. The molecule has 0 aliphatic rings. The van der Waals surface area contributed by atoms with Crippen molar-refractivity contribution in [2.24, 2.45) is 5.10 Å². The minimum absolute atomic E-state index is 0.0230. The number of furan rings is 1. The third-order valence-corrected chi connectivity index (χ3v) is 4.73. The Labute approximate surface area is 171 Å². The van der Waals surface area contributed by atoms with E-state index in [1.807, 2.05) is 42.5 Å². The third kappa shape index (κ3) is 4.36. The first kappa shape index (κ1) is 18.9. The maximum atomic E-state index is 13.3. The molecule has 0 bridgehead atoms. The van der Waals surface area contributed by atoms with Crippen molar-refractivity contribution in [3.05, 3.63) is 95.0 Å². The van der Waals surface area contributed by atoms with E-state index in [1.165, 1.54) is 18.3 Å². The van der Waals surface area contributed by atoms with Crippen molar-refractivity contribution in [3.63, 3.8) is 0 Å². The lowest BCUT2D eigenvalue weighted by Gasteiger charge is -2.05. The van der Waals surface area contributed by atoms with Gasteiger partial charge in [-0.3, -0.25) is 4.79 Å². The fourth-order valence-corrected chi connectivity index (χ4v) is 3.23. The molecule has 4 aromatic rings. The predicted octanol–water partition coefficient (Wildman–Crippen LogP) is 5.59. The van der Waals surface area contributed by atoms with Gasteiger partial charge in [-0.2, -0.15) is 5.10 Å². The minimum Gasteiger partial charge on any atom is -0.455 e. The lowest BCUT2D eigenvalue weighted by molar-refractivity contribution is -0.120. The second kappa shape index (κ2) is 8.29. The fraction of sp³-hybridized carbons (Fsp3) is 0.0435. The zero-order valence-electron chi connectivity index (χ0n) is 15.2. The summed E-state index contributed by atoms with van der Waals surface area (Å²) in [6, 6.07) is 21.6. The first-order valence-electron chi connectivity index (χ1n) is 8.94. The normalized spacial score (nSPS) is 11.2. The maximum absolute atomic E-state index is 13.3. The van der Waals surface area contributed by atoms with Crippen LogP contribution in [0.1, 0.15) is 11.3 Å². The zero-order chi connectivity index (χ0) is 20.2. The van der Waals surface area contributed by atoms with Gasteiger partial charge in [0.1, 0.15) is 17.3 Å². The summed E-state index contributed by atoms with van der Waals surface area (Å²) in [4.78, 5) is 12.2. The van der Waals surface area contributed by atoms with Crippen molar-refractivity contribution >= 4 is 34.5 Å². The Kier molecular flexibility index (Phi) is 5.40. The molecule has 0 aliphatic carbocycles. The van der Waals surface area contributed by atoms with Crippen LogP contribution in [0.25, 0.3) is 22.1 Å². The second-order valence-electron chi connectivity index (χ2n) is 6.44. The first-order valence-corrected chi connectivity index (χ1v) is 9.32. The molecule has 1 aromatic heterocycles. The molecular weight excluding hydrogens is 391 g/mol. The Morgan fingerprint density at radius 1 is 1.07 bits per heavy atom. The van der Waals surface area contributed by atoms with Crippen LogP contribution in [0.3, 0.4) is 0 Å². The maximum Gasteiger partial charge on any atom is 0.244 e. The molecular formula is C23H16ClFN2O2. The third-order valence-electron chi connectivity index (χ3n) is 4.44. The van der Waals surface area contributed by atoms with Gasteiger partial charge in [0.2, 0.25) is 5.91 Å². The van der Waals surface area contributed by atoms with E-state index in [4.69, 9.17) is 16.0 Å². The smallest absolute Gasteiger partial charge is 0.244 e. The molecule has 6 heteroatoms. The summed E-state index contributed by atoms with van der Waals surface area (Å²) < 4.78 is 18.9. The Morgan fingerprint density at radius 3 is 2.76 bits per heavy atom. The van der Waals surface area contributed by atoms with E-state index in [0.717, 1.165) is 16.3 Å². The van der Waals surface area contributed by atoms with E-state index in [2.05, 4.69) is 10.5 Å². The lowest BCUT2D eigenvalue weighted by atomic mass is 10.0. The molecule has 0 aliphatic heterocycles. The number of halogens is 2. The first-order chi connectivity index (χ1) is 14.1. The number of amides is 1. The number of nitrogens with zero attached hydrogens (tertiary/aromatic N) is 1. The SMILES string of the molecule is O=C(Cc1cccc2ccccc12)N/N=C/c1ccc(-c2ccc(F)c(Cl)c2)o1. The molecule has 4 rings (SSSR count). The standard InChI is InChI=1S/C23H16ClFN2O2/c24-20-12-17(8-10-21(20)25)22-11-9-18(29-22)14-26-27-23(28)13-16-6-3-5-15-4-1-2-7-19(15)16/h1-12,14H,13H2,(H,27,28)/b26-14+. The summed E-state index contributed by atoms with van der Waals surface area (Å²) in [5, 5.41) is 6.11. The fourth-order valence-electron chi connectivity index (χ4n) is 3.05. The molecule has 0 radical (unpaired) electrons. The van der Waals surface area contributed by atoms with Gasteiger partial charge in [0.05, 0.1) is 17.7 Å². The van der Waals surface area contributed by atoms with E-state index in [1.54, 1.807) is 18.2 Å². The number of rotatable bonds is 5. The van der Waals surface area contributed by atoms with Gasteiger partial charge >= 0.3 is 0 Å². The second-order valence-corrected chi connectivity index (χ2v) is 6.85. The van der Waals surface area contributed by atoms with Gasteiger partial charge < -0.3 is 4.42 Å². The lowest BCUT2D eigenvalue weighted by Crippen LogP contribution is -2.19. The highest BCUT2D eigenvalue weighted by Crippen LogP contribution is 2.26. The number of nitrogens with one attached hydrogen (secondary N) is 1. The van der Waals surface area contributed by atoms with Crippen LogP contribution in [-0.4, -0.2) is 12.1 Å². The quantitative estimate of drug-likeness (QED) is 0.347. The van der Waals surface area contributed by atoms with Crippen LogP contribution < -0.4 is 5.43 Å². The van der Waals surface area contributed by atoms with Gasteiger partial charge in [-0.25, -0.2) is 9.82 Å². The summed E-state index contributed by atoms with van der Waals surface area (Å²) in [6.07, 6.45) is 1.63. The number of hydrazone groups is 1. The minimum atomic E-state index is -0.488. The average molecular weight is 407 g/mol. The van der Waals surface area contributed by atoms with Crippen molar-refractivity contribution in [3.8, 4) is 11.3 Å². The summed E-state index contributed by atoms with van der Waals surface area (Å²) >= 11 is 5.80. The van der Waals surface area contributed by atoms with Crippen molar-refractivity contribution < 1.29 is 13.6 Å². The number of carbonyl (C=O) groups excluding carboxylic acids is 1. The zero-order valence-corrected chi connectivity index (χ0v) is 16.0. The molecule has 1 heterocycles. The Bertz CT molecular complexity index is 1210. The van der Waals surface area contributed by atoms with Crippen molar-refractivity contribution in [1.29, 1.82) is 0 Å². The highest BCUT2D eigenvalue weighted by atomic mass is 35.5. The van der Waals surface area contributed by atoms with Gasteiger partial charge in [0.15, 0.2) is 0 Å². The van der Waals surface area contributed by atoms with Crippen molar-refractivity contribution in [1.82, 2.24) is 5.43 Å². The molecule has 0 atom stereocenters. The van der Waals surface area contributed by atoms with E-state index in [0.29, 0.717) is 17.1 Å². The number of hydrogen-bond donors (Lipinski definition) is 1. The van der Waals surface area contributed by atoms with Crippen LogP contribution in [0.15, 0.2) is 82.3 Å². The van der Waals surface area contributed by atoms with E-state index >= 15 is 0 Å². The van der Waals surface area contributed by atoms with Crippen LogP contribution in [0, 0.1) is 5.82 Å². The molecule has 0 fully saturated rings. The highest BCUT2D eigenvalue weighted by Gasteiger charge is 2.08. The molecule has 3 aromatic carbocycles. The molecule has 0 spiro atoms. The molecule has 0 unspecified atom stereocenters. The summed E-state index contributed by atoms with van der Waals surface area (Å²) in [5.41, 5.74) is 4.09. The van der Waals surface area contributed by atoms with E-state index < -0.39 is 5.82 Å². The van der Waals surface area contributed by atoms with Gasteiger partial charge in [-0.15, -0.1) is 0 Å². The molecule has 4 nitrogen and oxygen atoms in total. The average Bonchev–Trinajstić information content (AvgIpc) is 3.19. The van der Waals surface area contributed by atoms with E-state index in [9.17, 15) is 9.18 Å². The van der Waals surface area contributed by atoms with Gasteiger partial charge in [0, 0.05) is 5.56 Å². The summed E-state index contributed by atoms with van der Waals surface area (Å²) in [5.74, 6) is 0.258. The molecule has 1 N–H and O–H groups in total. The van der Waals surface area contributed by atoms with Gasteiger partial charge in [-0.05, 0) is 46.7 Å². The molecule has 29 heavy (non-hydrogen) atoms. The van der Waals surface area contributed by atoms with Crippen LogP contribution in [0.5, 0.6) is 0 Å². The Balaban J connectivity index is 1.40. The summed E-state index contributed by atoms with van der Waals surface area (Å²) in [6.45, 7) is 0. The predicted molar refractivity (Wildman–Crippen MR) is 113 cm³/mol. The van der Waals surface area contributed by atoms with Crippen LogP contribution in [-0.2, 0) is 11.2 Å². The highest BCUT2D eigenvalue weighted by molar-refractivity contribution is 6.31. The van der Waals surface area contributed by atoms with Crippen LogP contribution in [0.4, 0.5) is 4.39 Å². The number of fused-ring (bicyclic) bond motifs is 1. The van der Waals surface area contributed by atoms with Gasteiger partial charge in [0.25, 0.3) is 0 Å².